The highest BCUT2D eigenvalue weighted by molar-refractivity contribution is 7.99. The van der Waals surface area contributed by atoms with Crippen molar-refractivity contribution in [3.05, 3.63) is 17.9 Å². The van der Waals surface area contributed by atoms with E-state index in [9.17, 15) is 9.90 Å². The van der Waals surface area contributed by atoms with Crippen LogP contribution in [0.3, 0.4) is 0 Å². The van der Waals surface area contributed by atoms with E-state index in [1.807, 2.05) is 0 Å². The molecule has 0 bridgehead atoms. The van der Waals surface area contributed by atoms with E-state index in [0.717, 1.165) is 0 Å². The molecule has 1 unspecified atom stereocenters. The van der Waals surface area contributed by atoms with Gasteiger partial charge in [0.2, 0.25) is 5.76 Å². The molecule has 6 nitrogen and oxygen atoms in total. The van der Waals surface area contributed by atoms with Crippen LogP contribution in [0.2, 0.25) is 0 Å². The molecule has 1 aromatic rings. The maximum absolute atomic E-state index is 10.6. The molecular weight excluding hydrogens is 260 g/mol. The minimum Gasteiger partial charge on any atom is -0.475 e. The number of thioether (sulfide) groups is 1. The molecule has 7 heteroatoms. The molecule has 0 aromatic carbocycles. The molecule has 1 heterocycles. The Kier molecular flexibility index (Phi) is 6.81. The lowest BCUT2D eigenvalue weighted by Gasteiger charge is -2.09. The van der Waals surface area contributed by atoms with Gasteiger partial charge in [-0.2, -0.15) is 0 Å². The van der Waals surface area contributed by atoms with Gasteiger partial charge >= 0.3 is 5.97 Å². The Morgan fingerprint density at radius 3 is 2.89 bits per heavy atom. The van der Waals surface area contributed by atoms with Crippen LogP contribution >= 0.6 is 11.8 Å². The number of ether oxygens (including phenoxy) is 2. The zero-order chi connectivity index (χ0) is 13.4. The smallest absolute Gasteiger partial charge is 0.371 e. The topological polar surface area (TPSA) is 89.1 Å². The number of methoxy groups -OCH3 is 1. The van der Waals surface area contributed by atoms with Crippen molar-refractivity contribution in [3.63, 3.8) is 0 Å². The number of rotatable bonds is 9. The average molecular weight is 276 g/mol. The zero-order valence-electron chi connectivity index (χ0n) is 10.00. The minimum atomic E-state index is -1.11. The first-order valence-corrected chi connectivity index (χ1v) is 6.32. The van der Waals surface area contributed by atoms with Gasteiger partial charge in [-0.15, -0.1) is 0 Å². The maximum atomic E-state index is 10.6. The highest BCUT2D eigenvalue weighted by atomic mass is 32.2. The molecule has 0 spiro atoms. The van der Waals surface area contributed by atoms with Crippen LogP contribution in [-0.2, 0) is 9.47 Å². The van der Waals surface area contributed by atoms with Crippen molar-refractivity contribution >= 4 is 17.7 Å². The predicted molar refractivity (Wildman–Crippen MR) is 65.1 cm³/mol. The lowest BCUT2D eigenvalue weighted by Crippen LogP contribution is -2.19. The van der Waals surface area contributed by atoms with Crippen LogP contribution in [0.15, 0.2) is 21.6 Å². The molecule has 0 saturated carbocycles. The number of aliphatic hydroxyl groups excluding tert-OH is 1. The second-order valence-corrected chi connectivity index (χ2v) is 4.48. The van der Waals surface area contributed by atoms with Crippen molar-refractivity contribution in [2.45, 2.75) is 11.2 Å². The third kappa shape index (κ3) is 5.54. The van der Waals surface area contributed by atoms with E-state index in [1.165, 1.54) is 17.8 Å². The molecule has 18 heavy (non-hydrogen) atoms. The average Bonchev–Trinajstić information content (AvgIpc) is 2.81. The van der Waals surface area contributed by atoms with E-state index < -0.39 is 12.1 Å². The summed E-state index contributed by atoms with van der Waals surface area (Å²) in [6.45, 7) is 1.13. The number of hydrogen-bond acceptors (Lipinski definition) is 6. The van der Waals surface area contributed by atoms with Gasteiger partial charge in [-0.3, -0.25) is 0 Å². The van der Waals surface area contributed by atoms with E-state index in [-0.39, 0.29) is 12.4 Å². The quantitative estimate of drug-likeness (QED) is 0.515. The second-order valence-electron chi connectivity index (χ2n) is 3.46. The molecule has 0 fully saturated rings. The van der Waals surface area contributed by atoms with Gasteiger partial charge in [0.25, 0.3) is 0 Å². The van der Waals surface area contributed by atoms with Gasteiger partial charge < -0.3 is 24.1 Å². The normalized spacial score (nSPS) is 12.6. The molecular formula is C11H16O6S. The summed E-state index contributed by atoms with van der Waals surface area (Å²) in [5, 5.41) is 18.7. The lowest BCUT2D eigenvalue weighted by molar-refractivity contribution is 0.0218. The third-order valence-electron chi connectivity index (χ3n) is 1.95. The number of carbonyl (C=O) groups is 1. The Morgan fingerprint density at radius 1 is 1.50 bits per heavy atom. The molecule has 0 aliphatic carbocycles. The van der Waals surface area contributed by atoms with Gasteiger partial charge in [-0.1, -0.05) is 11.8 Å². The van der Waals surface area contributed by atoms with Crippen molar-refractivity contribution in [1.82, 2.24) is 0 Å². The van der Waals surface area contributed by atoms with Crippen molar-refractivity contribution < 1.29 is 28.9 Å². The number of carboxylic acid groups (broad SMARTS) is 1. The van der Waals surface area contributed by atoms with Gasteiger partial charge in [-0.25, -0.2) is 4.79 Å². The number of aromatic carboxylic acids is 1. The van der Waals surface area contributed by atoms with E-state index in [0.29, 0.717) is 24.1 Å². The van der Waals surface area contributed by atoms with Crippen LogP contribution in [0.25, 0.3) is 0 Å². The van der Waals surface area contributed by atoms with Gasteiger partial charge in [0.1, 0.15) is 0 Å². The SMILES string of the molecule is COCCOCC(O)CSc1ccc(C(=O)O)o1. The fourth-order valence-electron chi connectivity index (χ4n) is 1.10. The van der Waals surface area contributed by atoms with Crippen LogP contribution in [0.4, 0.5) is 0 Å². The van der Waals surface area contributed by atoms with Gasteiger partial charge in [-0.05, 0) is 12.1 Å². The Labute approximate surface area is 109 Å². The summed E-state index contributed by atoms with van der Waals surface area (Å²) in [6.07, 6.45) is -0.634. The molecule has 0 saturated heterocycles. The molecule has 0 radical (unpaired) electrons. The van der Waals surface area contributed by atoms with Crippen LogP contribution < -0.4 is 0 Å². The summed E-state index contributed by atoms with van der Waals surface area (Å²) in [5.41, 5.74) is 0. The summed E-state index contributed by atoms with van der Waals surface area (Å²) in [6, 6.07) is 2.94. The summed E-state index contributed by atoms with van der Waals surface area (Å²) in [7, 11) is 1.58. The molecule has 102 valence electrons. The van der Waals surface area contributed by atoms with Crippen LogP contribution in [0, 0.1) is 0 Å². The Morgan fingerprint density at radius 2 is 2.28 bits per heavy atom. The van der Waals surface area contributed by atoms with Crippen LogP contribution in [0.1, 0.15) is 10.6 Å². The lowest BCUT2D eigenvalue weighted by atomic mass is 10.4. The first-order valence-electron chi connectivity index (χ1n) is 5.34. The van der Waals surface area contributed by atoms with E-state index in [1.54, 1.807) is 13.2 Å². The highest BCUT2D eigenvalue weighted by Gasteiger charge is 2.11. The summed E-state index contributed by atoms with van der Waals surface area (Å²) in [4.78, 5) is 10.6. The van der Waals surface area contributed by atoms with Crippen molar-refractivity contribution in [3.8, 4) is 0 Å². The maximum Gasteiger partial charge on any atom is 0.371 e. The van der Waals surface area contributed by atoms with E-state index in [2.05, 4.69) is 0 Å². The third-order valence-corrected chi connectivity index (χ3v) is 3.01. The van der Waals surface area contributed by atoms with Crippen molar-refractivity contribution in [2.75, 3.05) is 32.7 Å². The molecule has 1 aromatic heterocycles. The number of aliphatic hydroxyl groups is 1. The van der Waals surface area contributed by atoms with Crippen molar-refractivity contribution in [2.24, 2.45) is 0 Å². The largest absolute Gasteiger partial charge is 0.475 e. The molecule has 2 N–H and O–H groups in total. The first kappa shape index (κ1) is 15.0. The molecule has 1 rings (SSSR count). The molecule has 1 atom stereocenters. The van der Waals surface area contributed by atoms with Crippen LogP contribution in [0.5, 0.6) is 0 Å². The number of carboxylic acids is 1. The van der Waals surface area contributed by atoms with Gasteiger partial charge in [0.15, 0.2) is 5.09 Å². The monoisotopic (exact) mass is 276 g/mol. The number of furan rings is 1. The fourth-order valence-corrected chi connectivity index (χ4v) is 1.87. The van der Waals surface area contributed by atoms with Crippen LogP contribution in [-0.4, -0.2) is 55.0 Å². The highest BCUT2D eigenvalue weighted by Crippen LogP contribution is 2.21. The standard InChI is InChI=1S/C11H16O6S/c1-15-4-5-16-6-8(12)7-18-10-3-2-9(17-10)11(13)14/h2-3,8,12H,4-7H2,1H3,(H,13,14). The summed E-state index contributed by atoms with van der Waals surface area (Å²) < 4.78 is 15.0. The Bertz CT molecular complexity index is 364. The van der Waals surface area contributed by atoms with E-state index >= 15 is 0 Å². The minimum absolute atomic E-state index is 0.108. The summed E-state index contributed by atoms with van der Waals surface area (Å²) in [5.74, 6) is -0.840. The number of hydrogen-bond donors (Lipinski definition) is 2. The fraction of sp³-hybridized carbons (Fsp3) is 0.545. The molecule has 0 amide bonds. The zero-order valence-corrected chi connectivity index (χ0v) is 10.8. The Balaban J connectivity index is 2.20. The second kappa shape index (κ2) is 8.15. The predicted octanol–water partition coefficient (Wildman–Crippen LogP) is 1.09. The first-order chi connectivity index (χ1) is 8.63. The van der Waals surface area contributed by atoms with Gasteiger partial charge in [0.05, 0.1) is 25.9 Å². The Hall–Kier alpha value is -1.02. The van der Waals surface area contributed by atoms with Gasteiger partial charge in [0, 0.05) is 12.9 Å². The molecule has 0 aliphatic rings. The van der Waals surface area contributed by atoms with E-state index in [4.69, 9.17) is 19.0 Å². The summed E-state index contributed by atoms with van der Waals surface area (Å²) >= 11 is 1.24. The van der Waals surface area contributed by atoms with Crippen molar-refractivity contribution in [1.29, 1.82) is 0 Å². The molecule has 0 aliphatic heterocycles.